The number of rotatable bonds is 3. The van der Waals surface area contributed by atoms with Gasteiger partial charge in [-0.2, -0.15) is 0 Å². The molecule has 0 aromatic heterocycles. The summed E-state index contributed by atoms with van der Waals surface area (Å²) in [6, 6.07) is 0. The van der Waals surface area contributed by atoms with Crippen LogP contribution in [-0.2, 0) is 0 Å². The minimum absolute atomic E-state index is 0.127. The van der Waals surface area contributed by atoms with Crippen molar-refractivity contribution in [2.45, 2.75) is 61.1 Å². The quantitative estimate of drug-likeness (QED) is 0.728. The fourth-order valence-electron chi connectivity index (χ4n) is 2.77. The maximum Gasteiger partial charge on any atom is 0.126 e. The second-order valence-corrected chi connectivity index (χ2v) is 6.81. The van der Waals surface area contributed by atoms with Crippen molar-refractivity contribution in [3.05, 3.63) is 11.3 Å². The van der Waals surface area contributed by atoms with E-state index in [2.05, 4.69) is 67.3 Å². The number of nitrogens with zero attached hydrogens (tertiary/aromatic N) is 2. The number of aliphatic imine (C=N–C) groups is 1. The zero-order valence-corrected chi connectivity index (χ0v) is 13.6. The molecule has 1 heterocycles. The summed E-state index contributed by atoms with van der Waals surface area (Å²) in [7, 11) is 2.18. The lowest BCUT2D eigenvalue weighted by Gasteiger charge is -2.45. The van der Waals surface area contributed by atoms with E-state index in [4.69, 9.17) is 4.99 Å². The van der Waals surface area contributed by atoms with Crippen LogP contribution in [0.25, 0.3) is 0 Å². The summed E-state index contributed by atoms with van der Waals surface area (Å²) in [5, 5.41) is 0. The Kier molecular flexibility index (Phi) is 4.30. The van der Waals surface area contributed by atoms with E-state index >= 15 is 0 Å². The fraction of sp³-hybridized carbons (Fsp3) is 0.812. The third-order valence-electron chi connectivity index (χ3n) is 3.80. The van der Waals surface area contributed by atoms with Crippen molar-refractivity contribution in [1.29, 1.82) is 0 Å². The molecular weight excluding hydrogens is 220 g/mol. The van der Waals surface area contributed by atoms with E-state index in [1.165, 1.54) is 17.0 Å². The van der Waals surface area contributed by atoms with Gasteiger partial charge in [0, 0.05) is 18.5 Å². The molecule has 0 radical (unpaired) electrons. The summed E-state index contributed by atoms with van der Waals surface area (Å²) < 4.78 is 0. The third kappa shape index (κ3) is 2.62. The van der Waals surface area contributed by atoms with Gasteiger partial charge in [0.1, 0.15) is 5.66 Å². The molecule has 2 nitrogen and oxygen atoms in total. The SMILES string of the molecule is CC(C)C1=NC(C)(C)N(C)C(C(C)C)=C1C(C)C. The molecule has 0 unspecified atom stereocenters. The van der Waals surface area contributed by atoms with Gasteiger partial charge in [0.25, 0.3) is 0 Å². The lowest BCUT2D eigenvalue weighted by Crippen LogP contribution is -2.46. The molecule has 0 aromatic carbocycles. The monoisotopic (exact) mass is 250 g/mol. The molecule has 1 aliphatic heterocycles. The van der Waals surface area contributed by atoms with Crippen LogP contribution < -0.4 is 0 Å². The van der Waals surface area contributed by atoms with Gasteiger partial charge in [-0.25, -0.2) is 0 Å². The Morgan fingerprint density at radius 3 is 1.72 bits per heavy atom. The highest BCUT2D eigenvalue weighted by Gasteiger charge is 2.35. The third-order valence-corrected chi connectivity index (χ3v) is 3.80. The van der Waals surface area contributed by atoms with Crippen molar-refractivity contribution in [3.8, 4) is 0 Å². The van der Waals surface area contributed by atoms with Gasteiger partial charge in [0.05, 0.1) is 0 Å². The average Bonchev–Trinajstić information content (AvgIpc) is 2.19. The van der Waals surface area contributed by atoms with Crippen LogP contribution in [0.2, 0.25) is 0 Å². The summed E-state index contributed by atoms with van der Waals surface area (Å²) in [5.74, 6) is 1.56. The van der Waals surface area contributed by atoms with Gasteiger partial charge < -0.3 is 4.90 Å². The molecule has 0 atom stereocenters. The zero-order valence-electron chi connectivity index (χ0n) is 13.6. The molecule has 2 heteroatoms. The summed E-state index contributed by atoms with van der Waals surface area (Å²) in [4.78, 5) is 7.37. The standard InChI is InChI=1S/C16H30N2/c1-10(2)13-14(11(3)4)17-16(7,8)18(9)15(13)12(5)6/h10-12H,1-9H3. The maximum atomic E-state index is 5.01. The Hall–Kier alpha value is -0.790. The molecule has 104 valence electrons. The van der Waals surface area contributed by atoms with Crippen LogP contribution in [0.5, 0.6) is 0 Å². The van der Waals surface area contributed by atoms with E-state index in [1.807, 2.05) is 0 Å². The predicted molar refractivity (Wildman–Crippen MR) is 80.8 cm³/mol. The van der Waals surface area contributed by atoms with Crippen LogP contribution in [-0.4, -0.2) is 23.3 Å². The second kappa shape index (κ2) is 5.07. The van der Waals surface area contributed by atoms with Crippen molar-refractivity contribution in [2.75, 3.05) is 7.05 Å². The topological polar surface area (TPSA) is 15.6 Å². The molecular formula is C16H30N2. The highest BCUT2D eigenvalue weighted by molar-refractivity contribution is 6.03. The number of hydrogen-bond donors (Lipinski definition) is 0. The van der Waals surface area contributed by atoms with Crippen LogP contribution in [0, 0.1) is 17.8 Å². The van der Waals surface area contributed by atoms with Crippen LogP contribution >= 0.6 is 0 Å². The summed E-state index contributed by atoms with van der Waals surface area (Å²) >= 11 is 0. The van der Waals surface area contributed by atoms with E-state index in [0.29, 0.717) is 17.8 Å². The smallest absolute Gasteiger partial charge is 0.126 e. The molecule has 1 aliphatic rings. The van der Waals surface area contributed by atoms with Crippen molar-refractivity contribution in [3.63, 3.8) is 0 Å². The van der Waals surface area contributed by atoms with Crippen molar-refractivity contribution in [2.24, 2.45) is 22.7 Å². The van der Waals surface area contributed by atoms with Crippen molar-refractivity contribution < 1.29 is 0 Å². The van der Waals surface area contributed by atoms with Crippen LogP contribution in [0.15, 0.2) is 16.3 Å². The molecule has 0 saturated carbocycles. The van der Waals surface area contributed by atoms with Crippen LogP contribution in [0.1, 0.15) is 55.4 Å². The summed E-state index contributed by atoms with van der Waals surface area (Å²) in [6.07, 6.45) is 0. The Labute approximate surface area is 113 Å². The van der Waals surface area contributed by atoms with E-state index < -0.39 is 0 Å². The van der Waals surface area contributed by atoms with E-state index in [9.17, 15) is 0 Å². The van der Waals surface area contributed by atoms with Gasteiger partial charge in [-0.15, -0.1) is 0 Å². The molecule has 0 aliphatic carbocycles. The minimum Gasteiger partial charge on any atom is -0.354 e. The minimum atomic E-state index is -0.127. The molecule has 1 rings (SSSR count). The lowest BCUT2D eigenvalue weighted by atomic mass is 9.84. The first-order valence-corrected chi connectivity index (χ1v) is 7.17. The van der Waals surface area contributed by atoms with Crippen molar-refractivity contribution >= 4 is 5.71 Å². The Morgan fingerprint density at radius 1 is 0.889 bits per heavy atom. The fourth-order valence-corrected chi connectivity index (χ4v) is 2.77. The highest BCUT2D eigenvalue weighted by Crippen LogP contribution is 2.36. The molecule has 0 bridgehead atoms. The van der Waals surface area contributed by atoms with Gasteiger partial charge >= 0.3 is 0 Å². The molecule has 0 aromatic rings. The first-order chi connectivity index (χ1) is 8.09. The second-order valence-electron chi connectivity index (χ2n) is 6.81. The summed E-state index contributed by atoms with van der Waals surface area (Å²) in [5.41, 5.74) is 4.10. The normalized spacial score (nSPS) is 20.2. The number of hydrogen-bond acceptors (Lipinski definition) is 2. The Balaban J connectivity index is 3.49. The van der Waals surface area contributed by atoms with Gasteiger partial charge in [-0.1, -0.05) is 41.5 Å². The Bertz CT molecular complexity index is 371. The van der Waals surface area contributed by atoms with Gasteiger partial charge in [0.15, 0.2) is 0 Å². The first-order valence-electron chi connectivity index (χ1n) is 7.17. The van der Waals surface area contributed by atoms with Crippen LogP contribution in [0.3, 0.4) is 0 Å². The maximum absolute atomic E-state index is 5.01. The zero-order chi connectivity index (χ0) is 14.2. The van der Waals surface area contributed by atoms with Gasteiger partial charge in [-0.3, -0.25) is 4.99 Å². The predicted octanol–water partition coefficient (Wildman–Crippen LogP) is 4.33. The largest absolute Gasteiger partial charge is 0.354 e. The molecule has 0 spiro atoms. The lowest BCUT2D eigenvalue weighted by molar-refractivity contribution is 0.187. The molecule has 0 N–H and O–H groups in total. The Morgan fingerprint density at radius 2 is 1.39 bits per heavy atom. The van der Waals surface area contributed by atoms with Crippen molar-refractivity contribution in [1.82, 2.24) is 4.90 Å². The highest BCUT2D eigenvalue weighted by atomic mass is 15.3. The number of allylic oxidation sites excluding steroid dienone is 2. The molecule has 0 fully saturated rings. The van der Waals surface area contributed by atoms with E-state index in [-0.39, 0.29) is 5.66 Å². The molecule has 0 amide bonds. The first kappa shape index (κ1) is 15.3. The average molecular weight is 250 g/mol. The van der Waals surface area contributed by atoms with Gasteiger partial charge in [0.2, 0.25) is 0 Å². The molecule has 0 saturated heterocycles. The summed E-state index contributed by atoms with van der Waals surface area (Å²) in [6.45, 7) is 18.0. The molecule has 18 heavy (non-hydrogen) atoms. The van der Waals surface area contributed by atoms with E-state index in [1.54, 1.807) is 0 Å². The van der Waals surface area contributed by atoms with Crippen LogP contribution in [0.4, 0.5) is 0 Å². The van der Waals surface area contributed by atoms with Gasteiger partial charge in [-0.05, 0) is 37.2 Å². The van der Waals surface area contributed by atoms with E-state index in [0.717, 1.165) is 0 Å².